The van der Waals surface area contributed by atoms with Crippen molar-refractivity contribution >= 4 is 21.8 Å². The minimum atomic E-state index is -0.206. The summed E-state index contributed by atoms with van der Waals surface area (Å²) in [6.07, 6.45) is 5.51. The van der Waals surface area contributed by atoms with Gasteiger partial charge in [-0.3, -0.25) is 4.79 Å². The molecule has 1 N–H and O–H groups in total. The fraction of sp³-hybridized carbons (Fsp3) is 0.917. The highest BCUT2D eigenvalue weighted by Crippen LogP contribution is 2.19. The van der Waals surface area contributed by atoms with Crippen LogP contribution in [-0.2, 0) is 9.53 Å². The number of rotatable bonds is 7. The van der Waals surface area contributed by atoms with Crippen LogP contribution in [-0.4, -0.2) is 30.5 Å². The lowest BCUT2D eigenvalue weighted by atomic mass is 10.0. The van der Waals surface area contributed by atoms with Crippen LogP contribution in [0.3, 0.4) is 0 Å². The van der Waals surface area contributed by atoms with E-state index < -0.39 is 0 Å². The van der Waals surface area contributed by atoms with Crippen molar-refractivity contribution in [3.8, 4) is 0 Å². The molecule has 94 valence electrons. The van der Waals surface area contributed by atoms with E-state index >= 15 is 0 Å². The van der Waals surface area contributed by atoms with Crippen molar-refractivity contribution in [3.63, 3.8) is 0 Å². The molecule has 0 aliphatic carbocycles. The first-order valence-electron chi connectivity index (χ1n) is 6.21. The number of nitrogens with one attached hydrogen (secondary N) is 1. The zero-order valence-electron chi connectivity index (χ0n) is 10.0. The third kappa shape index (κ3) is 4.83. The highest BCUT2D eigenvalue weighted by Gasteiger charge is 2.30. The van der Waals surface area contributed by atoms with Crippen LogP contribution in [0.15, 0.2) is 0 Å². The van der Waals surface area contributed by atoms with E-state index in [0.717, 1.165) is 31.3 Å². The molecule has 0 radical (unpaired) electrons. The summed E-state index contributed by atoms with van der Waals surface area (Å²) in [4.78, 5) is 11.7. The third-order valence-electron chi connectivity index (χ3n) is 3.01. The second-order valence-corrected chi connectivity index (χ2v) is 5.24. The molecule has 3 nitrogen and oxygen atoms in total. The molecule has 0 aromatic carbocycles. The van der Waals surface area contributed by atoms with Crippen molar-refractivity contribution in [1.29, 1.82) is 0 Å². The van der Waals surface area contributed by atoms with Crippen LogP contribution < -0.4 is 5.32 Å². The van der Waals surface area contributed by atoms with E-state index in [9.17, 15) is 4.79 Å². The van der Waals surface area contributed by atoms with Crippen LogP contribution in [0.5, 0.6) is 0 Å². The maximum atomic E-state index is 11.7. The van der Waals surface area contributed by atoms with Crippen molar-refractivity contribution in [2.45, 2.75) is 45.1 Å². The van der Waals surface area contributed by atoms with E-state index in [-0.39, 0.29) is 12.0 Å². The van der Waals surface area contributed by atoms with Gasteiger partial charge in [0, 0.05) is 18.5 Å². The second-order valence-electron chi connectivity index (χ2n) is 4.45. The SMILES string of the molecule is CC1CCOC1C(=O)NCCCCCCBr. The molecule has 1 fully saturated rings. The Bertz CT molecular complexity index is 211. The van der Waals surface area contributed by atoms with Gasteiger partial charge in [-0.15, -0.1) is 0 Å². The summed E-state index contributed by atoms with van der Waals surface area (Å²) in [5, 5.41) is 4.03. The zero-order chi connectivity index (χ0) is 11.8. The van der Waals surface area contributed by atoms with Gasteiger partial charge < -0.3 is 10.1 Å². The van der Waals surface area contributed by atoms with Crippen LogP contribution in [0.25, 0.3) is 0 Å². The molecule has 0 spiro atoms. The standard InChI is InChI=1S/C12H22BrNO2/c1-10-6-9-16-11(10)12(15)14-8-5-3-2-4-7-13/h10-11H,2-9H2,1H3,(H,14,15). The Morgan fingerprint density at radius 3 is 2.75 bits per heavy atom. The largest absolute Gasteiger partial charge is 0.368 e. The van der Waals surface area contributed by atoms with Crippen LogP contribution in [0, 0.1) is 5.92 Å². The van der Waals surface area contributed by atoms with Crippen LogP contribution in [0.1, 0.15) is 39.0 Å². The highest BCUT2D eigenvalue weighted by atomic mass is 79.9. The van der Waals surface area contributed by atoms with E-state index in [1.165, 1.54) is 19.3 Å². The maximum absolute atomic E-state index is 11.7. The lowest BCUT2D eigenvalue weighted by Gasteiger charge is -2.14. The molecule has 16 heavy (non-hydrogen) atoms. The van der Waals surface area contributed by atoms with Gasteiger partial charge in [0.15, 0.2) is 0 Å². The molecule has 1 amide bonds. The van der Waals surface area contributed by atoms with Gasteiger partial charge in [-0.25, -0.2) is 0 Å². The first kappa shape index (κ1) is 14.0. The molecule has 0 bridgehead atoms. The first-order valence-corrected chi connectivity index (χ1v) is 7.33. The van der Waals surface area contributed by atoms with Gasteiger partial charge in [0.1, 0.15) is 6.10 Å². The van der Waals surface area contributed by atoms with E-state index in [4.69, 9.17) is 4.74 Å². The van der Waals surface area contributed by atoms with Crippen molar-refractivity contribution in [3.05, 3.63) is 0 Å². The van der Waals surface area contributed by atoms with Gasteiger partial charge in [-0.05, 0) is 25.2 Å². The van der Waals surface area contributed by atoms with E-state index in [1.807, 2.05) is 0 Å². The third-order valence-corrected chi connectivity index (χ3v) is 3.57. The van der Waals surface area contributed by atoms with Gasteiger partial charge >= 0.3 is 0 Å². The van der Waals surface area contributed by atoms with Gasteiger partial charge in [-0.2, -0.15) is 0 Å². The molecule has 0 aromatic rings. The molecule has 1 heterocycles. The van der Waals surface area contributed by atoms with Crippen LogP contribution in [0.4, 0.5) is 0 Å². The number of hydrogen-bond donors (Lipinski definition) is 1. The average Bonchev–Trinajstić information content (AvgIpc) is 2.69. The quantitative estimate of drug-likeness (QED) is 0.578. The minimum absolute atomic E-state index is 0.0745. The summed E-state index contributed by atoms with van der Waals surface area (Å²) in [7, 11) is 0. The molecule has 1 aliphatic rings. The second kappa shape index (κ2) is 8.07. The van der Waals surface area contributed by atoms with Crippen molar-refractivity contribution < 1.29 is 9.53 Å². The predicted octanol–water partition coefficient (Wildman–Crippen LogP) is 2.48. The Labute approximate surface area is 106 Å². The topological polar surface area (TPSA) is 38.3 Å². The number of carbonyl (C=O) groups excluding carboxylic acids is 1. The van der Waals surface area contributed by atoms with E-state index in [1.54, 1.807) is 0 Å². The summed E-state index contributed by atoms with van der Waals surface area (Å²) in [5.74, 6) is 0.443. The minimum Gasteiger partial charge on any atom is -0.368 e. The summed E-state index contributed by atoms with van der Waals surface area (Å²) in [5.41, 5.74) is 0. The van der Waals surface area contributed by atoms with Crippen molar-refractivity contribution in [2.24, 2.45) is 5.92 Å². The Morgan fingerprint density at radius 2 is 2.12 bits per heavy atom. The average molecular weight is 292 g/mol. The zero-order valence-corrected chi connectivity index (χ0v) is 11.6. The number of amides is 1. The molecule has 4 heteroatoms. The Kier molecular flexibility index (Phi) is 7.05. The van der Waals surface area contributed by atoms with Gasteiger partial charge in [0.25, 0.3) is 0 Å². The molecule has 1 saturated heterocycles. The maximum Gasteiger partial charge on any atom is 0.249 e. The molecule has 2 atom stereocenters. The van der Waals surface area contributed by atoms with E-state index in [2.05, 4.69) is 28.2 Å². The number of alkyl halides is 1. The van der Waals surface area contributed by atoms with E-state index in [0.29, 0.717) is 5.92 Å². The normalized spacial score (nSPS) is 24.6. The van der Waals surface area contributed by atoms with Crippen molar-refractivity contribution in [2.75, 3.05) is 18.5 Å². The first-order chi connectivity index (χ1) is 7.75. The summed E-state index contributed by atoms with van der Waals surface area (Å²) in [6.45, 7) is 3.59. The van der Waals surface area contributed by atoms with Gasteiger partial charge in [0.2, 0.25) is 5.91 Å². The fourth-order valence-corrected chi connectivity index (χ4v) is 2.31. The molecule has 2 unspecified atom stereocenters. The number of hydrogen-bond acceptors (Lipinski definition) is 2. The number of unbranched alkanes of at least 4 members (excludes halogenated alkanes) is 3. The molecular weight excluding hydrogens is 270 g/mol. The van der Waals surface area contributed by atoms with Gasteiger partial charge in [-0.1, -0.05) is 35.7 Å². The molecule has 1 rings (SSSR count). The summed E-state index contributed by atoms with van der Waals surface area (Å²) in [6, 6.07) is 0. The lowest BCUT2D eigenvalue weighted by molar-refractivity contribution is -0.131. The number of ether oxygens (including phenoxy) is 1. The molecule has 0 saturated carbocycles. The van der Waals surface area contributed by atoms with Crippen molar-refractivity contribution in [1.82, 2.24) is 5.32 Å². The number of halogens is 1. The van der Waals surface area contributed by atoms with Gasteiger partial charge in [0.05, 0.1) is 0 Å². The molecule has 1 aliphatic heterocycles. The van der Waals surface area contributed by atoms with Crippen LogP contribution >= 0.6 is 15.9 Å². The summed E-state index contributed by atoms with van der Waals surface area (Å²) < 4.78 is 5.40. The lowest BCUT2D eigenvalue weighted by Crippen LogP contribution is -2.37. The number of carbonyl (C=O) groups is 1. The predicted molar refractivity (Wildman–Crippen MR) is 68.8 cm³/mol. The molecular formula is C12H22BrNO2. The smallest absolute Gasteiger partial charge is 0.249 e. The monoisotopic (exact) mass is 291 g/mol. The Hall–Kier alpha value is -0.0900. The van der Waals surface area contributed by atoms with Crippen LogP contribution in [0.2, 0.25) is 0 Å². The molecule has 0 aromatic heterocycles. The Morgan fingerprint density at radius 1 is 1.38 bits per heavy atom. The highest BCUT2D eigenvalue weighted by molar-refractivity contribution is 9.09. The summed E-state index contributed by atoms with van der Waals surface area (Å²) >= 11 is 3.41. The Balaban J connectivity index is 2.02. The fourth-order valence-electron chi connectivity index (χ4n) is 1.92.